The highest BCUT2D eigenvalue weighted by atomic mass is 31.2. The van der Waals surface area contributed by atoms with Crippen LogP contribution in [-0.4, -0.2) is 74.9 Å². The van der Waals surface area contributed by atoms with E-state index in [1.165, 1.54) is 103 Å². The Morgan fingerprint density at radius 2 is 0.965 bits per heavy atom. The van der Waals surface area contributed by atoms with E-state index in [4.69, 9.17) is 18.5 Å². The lowest BCUT2D eigenvalue weighted by Crippen LogP contribution is -2.37. The maximum Gasteiger partial charge on any atom is 0.472 e. The molecule has 0 aromatic heterocycles. The summed E-state index contributed by atoms with van der Waals surface area (Å²) in [6, 6.07) is 0. The van der Waals surface area contributed by atoms with E-state index in [1.54, 1.807) is 0 Å². The molecular weight excluding hydrogens is 737 g/mol. The highest BCUT2D eigenvalue weighted by Gasteiger charge is 2.27. The van der Waals surface area contributed by atoms with Crippen LogP contribution in [0.2, 0.25) is 0 Å². The quantitative estimate of drug-likeness (QED) is 0.0213. The molecule has 57 heavy (non-hydrogen) atoms. The highest BCUT2D eigenvalue weighted by molar-refractivity contribution is 7.47. The number of carbonyl (C=O) groups excluding carboxylic acids is 2. The maximum atomic E-state index is 12.7. The zero-order valence-electron chi connectivity index (χ0n) is 37.6. The summed E-state index contributed by atoms with van der Waals surface area (Å²) < 4.78 is 34.3. The van der Waals surface area contributed by atoms with Crippen LogP contribution in [0.3, 0.4) is 0 Å². The van der Waals surface area contributed by atoms with Crippen LogP contribution in [0.15, 0.2) is 36.5 Å². The molecule has 1 N–H and O–H groups in total. The van der Waals surface area contributed by atoms with Gasteiger partial charge in [-0.25, -0.2) is 4.57 Å². The fraction of sp³-hybridized carbons (Fsp3) is 0.830. The van der Waals surface area contributed by atoms with Crippen molar-refractivity contribution in [2.45, 2.75) is 206 Å². The van der Waals surface area contributed by atoms with Gasteiger partial charge in [0.25, 0.3) is 0 Å². The molecule has 0 saturated heterocycles. The number of phosphoric ester groups is 1. The summed E-state index contributed by atoms with van der Waals surface area (Å²) in [5.74, 6) is -0.814. The van der Waals surface area contributed by atoms with Gasteiger partial charge in [-0.2, -0.15) is 0 Å². The molecule has 0 spiro atoms. The molecule has 1 unspecified atom stereocenters. The van der Waals surface area contributed by atoms with Crippen molar-refractivity contribution in [3.8, 4) is 0 Å². The van der Waals surface area contributed by atoms with Crippen LogP contribution >= 0.6 is 7.82 Å². The molecule has 0 heterocycles. The van der Waals surface area contributed by atoms with E-state index in [2.05, 4.69) is 50.3 Å². The maximum absolute atomic E-state index is 12.7. The number of quaternary nitrogens is 1. The number of likely N-dealkylation sites (N-methyl/N-ethyl adjacent to an activating group) is 1. The number of hydrogen-bond acceptors (Lipinski definition) is 7. The van der Waals surface area contributed by atoms with Crippen molar-refractivity contribution >= 4 is 19.8 Å². The fourth-order valence-electron chi connectivity index (χ4n) is 6.20. The topological polar surface area (TPSA) is 108 Å². The van der Waals surface area contributed by atoms with Gasteiger partial charge in [0.2, 0.25) is 0 Å². The van der Waals surface area contributed by atoms with Crippen LogP contribution in [0.25, 0.3) is 0 Å². The first-order valence-electron chi connectivity index (χ1n) is 23.2. The zero-order chi connectivity index (χ0) is 42.1. The van der Waals surface area contributed by atoms with Crippen molar-refractivity contribution in [1.29, 1.82) is 0 Å². The number of allylic oxidation sites excluding steroid dienone is 6. The van der Waals surface area contributed by atoms with Gasteiger partial charge in [0.1, 0.15) is 19.8 Å². The second-order valence-electron chi connectivity index (χ2n) is 16.8. The third-order valence-corrected chi connectivity index (χ3v) is 10.9. The third-order valence-electron chi connectivity index (χ3n) is 9.89. The molecule has 2 atom stereocenters. The number of rotatable bonds is 42. The third kappa shape index (κ3) is 43.6. The van der Waals surface area contributed by atoms with Crippen molar-refractivity contribution in [3.63, 3.8) is 0 Å². The molecule has 0 aliphatic heterocycles. The predicted octanol–water partition coefficient (Wildman–Crippen LogP) is 13.3. The van der Waals surface area contributed by atoms with Gasteiger partial charge in [-0.1, -0.05) is 159 Å². The number of hydrogen-bond donors (Lipinski definition) is 1. The van der Waals surface area contributed by atoms with Crippen molar-refractivity contribution in [3.05, 3.63) is 36.5 Å². The Morgan fingerprint density at radius 3 is 1.46 bits per heavy atom. The summed E-state index contributed by atoms with van der Waals surface area (Å²) in [5.41, 5.74) is 0. The minimum atomic E-state index is -4.38. The van der Waals surface area contributed by atoms with Gasteiger partial charge in [-0.15, -0.1) is 0 Å². The number of nitrogens with zero attached hydrogens (tertiary/aromatic N) is 1. The van der Waals surface area contributed by atoms with E-state index in [1.807, 2.05) is 21.1 Å². The van der Waals surface area contributed by atoms with E-state index in [9.17, 15) is 19.0 Å². The first-order chi connectivity index (χ1) is 27.5. The molecule has 0 aliphatic rings. The van der Waals surface area contributed by atoms with Gasteiger partial charge in [0.15, 0.2) is 6.10 Å². The van der Waals surface area contributed by atoms with Gasteiger partial charge in [-0.05, 0) is 64.2 Å². The Hall–Kier alpha value is -1.77. The first kappa shape index (κ1) is 55.2. The van der Waals surface area contributed by atoms with Crippen LogP contribution in [0, 0.1) is 0 Å². The Kier molecular flexibility index (Phi) is 38.4. The van der Waals surface area contributed by atoms with Crippen molar-refractivity contribution in [2.24, 2.45) is 0 Å². The Morgan fingerprint density at radius 1 is 0.544 bits per heavy atom. The van der Waals surface area contributed by atoms with E-state index >= 15 is 0 Å². The van der Waals surface area contributed by atoms with Gasteiger partial charge >= 0.3 is 19.8 Å². The lowest BCUT2D eigenvalue weighted by atomic mass is 10.1. The zero-order valence-corrected chi connectivity index (χ0v) is 38.5. The van der Waals surface area contributed by atoms with Crippen molar-refractivity contribution < 1.29 is 42.1 Å². The SMILES string of the molecule is CCCC/C=C/C/C=C/CCCCCCCC(=O)O[C@@H](COC(=O)CCCCCCCCCCC/C=C/CCCCCCCC)COP(=O)(O)OCC[N+](C)(C)C. The van der Waals surface area contributed by atoms with Gasteiger partial charge in [-0.3, -0.25) is 18.6 Å². The van der Waals surface area contributed by atoms with E-state index in [0.29, 0.717) is 17.4 Å². The minimum Gasteiger partial charge on any atom is -0.462 e. The van der Waals surface area contributed by atoms with Crippen LogP contribution in [0.1, 0.15) is 200 Å². The van der Waals surface area contributed by atoms with Crippen molar-refractivity contribution in [2.75, 3.05) is 47.5 Å². The molecule has 0 saturated carbocycles. The minimum absolute atomic E-state index is 0.0285. The monoisotopic (exact) mass is 827 g/mol. The van der Waals surface area contributed by atoms with Gasteiger partial charge in [0.05, 0.1) is 27.7 Å². The van der Waals surface area contributed by atoms with Crippen LogP contribution in [0.4, 0.5) is 0 Å². The molecule has 0 aromatic rings. The molecule has 0 bridgehead atoms. The van der Waals surface area contributed by atoms with Gasteiger partial charge in [0, 0.05) is 12.8 Å². The summed E-state index contributed by atoms with van der Waals surface area (Å²) in [6.07, 6.45) is 44.7. The summed E-state index contributed by atoms with van der Waals surface area (Å²) in [6.45, 7) is 4.37. The normalized spacial score (nSPS) is 13.9. The standard InChI is InChI=1S/C47H88NO8P/c1-6-8-10-12-14-16-18-20-22-23-24-25-26-28-29-31-33-35-37-39-46(49)53-43-45(44-55-57(51,52)54-42-41-48(3,4)5)56-47(50)40-38-36-34-32-30-27-21-19-17-15-13-11-9-7-2/h13,15,19-22,45H,6-12,14,16-18,23-44H2,1-5H3/p+1/b15-13+,21-19+,22-20+/t45-/m0/s1. The second-order valence-corrected chi connectivity index (χ2v) is 18.2. The average molecular weight is 827 g/mol. The fourth-order valence-corrected chi connectivity index (χ4v) is 6.94. The number of ether oxygens (including phenoxy) is 2. The summed E-state index contributed by atoms with van der Waals surface area (Å²) >= 11 is 0. The molecule has 9 nitrogen and oxygen atoms in total. The molecule has 0 rings (SSSR count). The molecule has 0 radical (unpaired) electrons. The summed E-state index contributed by atoms with van der Waals surface area (Å²) in [4.78, 5) is 35.4. The number of phosphoric acid groups is 1. The molecule has 334 valence electrons. The van der Waals surface area contributed by atoms with Crippen molar-refractivity contribution in [1.82, 2.24) is 0 Å². The number of unbranched alkanes of at least 4 members (excludes halogenated alkanes) is 22. The lowest BCUT2D eigenvalue weighted by molar-refractivity contribution is -0.870. The Labute approximate surface area is 351 Å². The Balaban J connectivity index is 4.31. The molecule has 0 fully saturated rings. The lowest BCUT2D eigenvalue weighted by Gasteiger charge is -2.24. The molecule has 0 amide bonds. The van der Waals surface area contributed by atoms with E-state index in [0.717, 1.165) is 64.2 Å². The first-order valence-corrected chi connectivity index (χ1v) is 24.7. The Bertz CT molecular complexity index is 1070. The predicted molar refractivity (Wildman–Crippen MR) is 238 cm³/mol. The van der Waals surface area contributed by atoms with Crippen LogP contribution in [-0.2, 0) is 32.7 Å². The molecule has 0 aromatic carbocycles. The largest absolute Gasteiger partial charge is 0.472 e. The molecule has 10 heteroatoms. The van der Waals surface area contributed by atoms with Gasteiger partial charge < -0.3 is 18.9 Å². The number of esters is 2. The second kappa shape index (κ2) is 39.7. The molecule has 0 aliphatic carbocycles. The number of carbonyl (C=O) groups is 2. The van der Waals surface area contributed by atoms with Crippen LogP contribution in [0.5, 0.6) is 0 Å². The average Bonchev–Trinajstić information content (AvgIpc) is 3.16. The highest BCUT2D eigenvalue weighted by Crippen LogP contribution is 2.43. The van der Waals surface area contributed by atoms with E-state index < -0.39 is 26.5 Å². The summed E-state index contributed by atoms with van der Waals surface area (Å²) in [7, 11) is 1.47. The van der Waals surface area contributed by atoms with E-state index in [-0.39, 0.29) is 32.0 Å². The summed E-state index contributed by atoms with van der Waals surface area (Å²) in [5, 5.41) is 0. The van der Waals surface area contributed by atoms with Crippen LogP contribution < -0.4 is 0 Å². The smallest absolute Gasteiger partial charge is 0.462 e. The molecular formula is C47H89NO8P+.